The van der Waals surface area contributed by atoms with E-state index in [1.807, 2.05) is 0 Å². The normalized spacial score (nSPS) is 12.6. The zero-order valence-corrected chi connectivity index (χ0v) is 31.7. The van der Waals surface area contributed by atoms with Crippen LogP contribution in [0.15, 0.2) is 212 Å². The molecule has 1 nitrogen and oxygen atoms in total. The Morgan fingerprint density at radius 2 is 0.875 bits per heavy atom. The van der Waals surface area contributed by atoms with Crippen molar-refractivity contribution >= 4 is 27.8 Å². The van der Waals surface area contributed by atoms with Gasteiger partial charge in [0.15, 0.2) is 0 Å². The van der Waals surface area contributed by atoms with E-state index in [9.17, 15) is 0 Å². The van der Waals surface area contributed by atoms with Crippen LogP contribution in [0.3, 0.4) is 0 Å². The molecule has 0 spiro atoms. The lowest BCUT2D eigenvalue weighted by Gasteiger charge is -2.28. The van der Waals surface area contributed by atoms with Crippen molar-refractivity contribution in [1.29, 1.82) is 0 Å². The summed E-state index contributed by atoms with van der Waals surface area (Å²) >= 11 is 0. The van der Waals surface area contributed by atoms with E-state index in [1.54, 1.807) is 0 Å². The second-order valence-electron chi connectivity index (χ2n) is 15.3. The molecular weight excluding hydrogens is 675 g/mol. The average Bonchev–Trinajstić information content (AvgIpc) is 3.50. The van der Waals surface area contributed by atoms with Crippen molar-refractivity contribution in [3.05, 3.63) is 223 Å². The number of anilines is 3. The second kappa shape index (κ2) is 13.7. The molecule has 10 rings (SSSR count). The summed E-state index contributed by atoms with van der Waals surface area (Å²) in [6, 6.07) is 77.5. The van der Waals surface area contributed by atoms with Crippen LogP contribution in [0.4, 0.5) is 17.1 Å². The van der Waals surface area contributed by atoms with Crippen molar-refractivity contribution in [3.8, 4) is 55.6 Å². The quantitative estimate of drug-likeness (QED) is 0.159. The summed E-state index contributed by atoms with van der Waals surface area (Å²) in [5.74, 6) is 0. The van der Waals surface area contributed by atoms with E-state index in [0.29, 0.717) is 0 Å². The fraction of sp³-hybridized carbons (Fsp3) is 0.0545. The minimum absolute atomic E-state index is 0.170. The first-order valence-corrected chi connectivity index (χ1v) is 19.5. The molecule has 0 bridgehead atoms. The SMILES string of the molecule is CC1(C)c2cc(N(c3ccc(-c4ccc5ccccc5c4-c4ccccc4)cc3)c3cccc(-c4ccccc4)c3)ccc2-c2c(-c3ccccc3)cccc21. The third-order valence-corrected chi connectivity index (χ3v) is 11.7. The molecule has 56 heavy (non-hydrogen) atoms. The van der Waals surface area contributed by atoms with Crippen LogP contribution >= 0.6 is 0 Å². The highest BCUT2D eigenvalue weighted by Crippen LogP contribution is 2.54. The van der Waals surface area contributed by atoms with Gasteiger partial charge in [0.25, 0.3) is 0 Å². The molecular formula is C55H41N. The van der Waals surface area contributed by atoms with Crippen LogP contribution in [0.25, 0.3) is 66.4 Å². The molecule has 1 aliphatic rings. The van der Waals surface area contributed by atoms with Crippen LogP contribution in [0, 0.1) is 0 Å². The lowest BCUT2D eigenvalue weighted by molar-refractivity contribution is 0.660. The predicted octanol–water partition coefficient (Wildman–Crippen LogP) is 15.3. The Morgan fingerprint density at radius 1 is 0.321 bits per heavy atom. The van der Waals surface area contributed by atoms with Crippen molar-refractivity contribution in [2.24, 2.45) is 0 Å². The highest BCUT2D eigenvalue weighted by atomic mass is 15.1. The summed E-state index contributed by atoms with van der Waals surface area (Å²) < 4.78 is 0. The van der Waals surface area contributed by atoms with E-state index in [2.05, 4.69) is 231 Å². The highest BCUT2D eigenvalue weighted by molar-refractivity contribution is 6.04. The van der Waals surface area contributed by atoms with E-state index in [0.717, 1.165) is 17.1 Å². The summed E-state index contributed by atoms with van der Waals surface area (Å²) in [6.07, 6.45) is 0. The topological polar surface area (TPSA) is 3.24 Å². The minimum atomic E-state index is -0.170. The van der Waals surface area contributed by atoms with Crippen molar-refractivity contribution in [1.82, 2.24) is 0 Å². The maximum atomic E-state index is 2.43. The van der Waals surface area contributed by atoms with Crippen LogP contribution in [0.5, 0.6) is 0 Å². The number of hydrogen-bond donors (Lipinski definition) is 0. The molecule has 0 radical (unpaired) electrons. The number of nitrogens with zero attached hydrogens (tertiary/aromatic N) is 1. The van der Waals surface area contributed by atoms with E-state index in [1.165, 1.54) is 77.5 Å². The predicted molar refractivity (Wildman–Crippen MR) is 238 cm³/mol. The monoisotopic (exact) mass is 715 g/mol. The van der Waals surface area contributed by atoms with Crippen molar-refractivity contribution in [3.63, 3.8) is 0 Å². The van der Waals surface area contributed by atoms with Gasteiger partial charge in [-0.15, -0.1) is 0 Å². The minimum Gasteiger partial charge on any atom is -0.310 e. The molecule has 266 valence electrons. The number of hydrogen-bond acceptors (Lipinski definition) is 1. The standard InChI is InChI=1S/C55H41N/c1-55(2)51-27-15-26-48(39-18-8-4-9-19-39)54(51)50-35-33-46(37-52(50)55)56(45-24-14-23-43(36-45)38-16-6-3-7-17-38)44-31-28-41(29-32-44)49-34-30-40-20-12-13-25-47(40)53(49)42-21-10-5-11-22-42/h3-37H,1-2H3. The fourth-order valence-corrected chi connectivity index (χ4v) is 8.89. The van der Waals surface area contributed by atoms with Gasteiger partial charge < -0.3 is 4.90 Å². The molecule has 0 saturated carbocycles. The molecule has 0 aromatic heterocycles. The molecule has 9 aromatic rings. The van der Waals surface area contributed by atoms with Crippen LogP contribution in [-0.2, 0) is 5.41 Å². The molecule has 0 amide bonds. The Kier molecular flexibility index (Phi) is 8.23. The van der Waals surface area contributed by atoms with Gasteiger partial charge in [-0.3, -0.25) is 0 Å². The molecule has 9 aromatic carbocycles. The van der Waals surface area contributed by atoms with Crippen LogP contribution in [0.1, 0.15) is 25.0 Å². The molecule has 0 unspecified atom stereocenters. The molecule has 1 aliphatic carbocycles. The fourth-order valence-electron chi connectivity index (χ4n) is 8.89. The van der Waals surface area contributed by atoms with Gasteiger partial charge >= 0.3 is 0 Å². The van der Waals surface area contributed by atoms with Gasteiger partial charge in [-0.2, -0.15) is 0 Å². The zero-order valence-electron chi connectivity index (χ0n) is 31.7. The van der Waals surface area contributed by atoms with Gasteiger partial charge in [-0.1, -0.05) is 190 Å². The lowest BCUT2D eigenvalue weighted by atomic mass is 9.81. The third-order valence-electron chi connectivity index (χ3n) is 11.7. The molecule has 0 aliphatic heterocycles. The third kappa shape index (κ3) is 5.72. The largest absolute Gasteiger partial charge is 0.310 e. The van der Waals surface area contributed by atoms with Gasteiger partial charge in [0.2, 0.25) is 0 Å². The lowest BCUT2D eigenvalue weighted by Crippen LogP contribution is -2.16. The first kappa shape index (κ1) is 33.6. The van der Waals surface area contributed by atoms with E-state index in [-0.39, 0.29) is 5.41 Å². The van der Waals surface area contributed by atoms with E-state index in [4.69, 9.17) is 0 Å². The summed E-state index contributed by atoms with van der Waals surface area (Å²) in [6.45, 7) is 4.75. The summed E-state index contributed by atoms with van der Waals surface area (Å²) in [5, 5.41) is 2.51. The molecule has 0 N–H and O–H groups in total. The Bertz CT molecular complexity index is 2850. The van der Waals surface area contributed by atoms with E-state index >= 15 is 0 Å². The Labute approximate surface area is 329 Å². The first-order chi connectivity index (χ1) is 27.5. The van der Waals surface area contributed by atoms with Crippen LogP contribution < -0.4 is 4.90 Å². The van der Waals surface area contributed by atoms with Crippen LogP contribution in [0.2, 0.25) is 0 Å². The molecule has 0 fully saturated rings. The Hall–Kier alpha value is -6.96. The van der Waals surface area contributed by atoms with Gasteiger partial charge in [0.05, 0.1) is 0 Å². The zero-order chi connectivity index (χ0) is 37.6. The molecule has 0 heterocycles. The summed E-state index contributed by atoms with van der Waals surface area (Å²) in [7, 11) is 0. The van der Waals surface area contributed by atoms with Gasteiger partial charge in [0.1, 0.15) is 0 Å². The van der Waals surface area contributed by atoms with E-state index < -0.39 is 0 Å². The van der Waals surface area contributed by atoms with Gasteiger partial charge in [-0.05, 0) is 114 Å². The maximum absolute atomic E-state index is 2.43. The highest BCUT2D eigenvalue weighted by Gasteiger charge is 2.37. The first-order valence-electron chi connectivity index (χ1n) is 19.5. The molecule has 0 saturated heterocycles. The summed E-state index contributed by atoms with van der Waals surface area (Å²) in [5.41, 5.74) is 18.4. The number of fused-ring (bicyclic) bond motifs is 4. The Morgan fingerprint density at radius 3 is 1.62 bits per heavy atom. The van der Waals surface area contributed by atoms with Gasteiger partial charge in [-0.25, -0.2) is 0 Å². The average molecular weight is 716 g/mol. The summed E-state index contributed by atoms with van der Waals surface area (Å²) in [4.78, 5) is 2.42. The molecule has 1 heteroatoms. The van der Waals surface area contributed by atoms with Gasteiger partial charge in [0, 0.05) is 22.5 Å². The smallest absolute Gasteiger partial charge is 0.0467 e. The number of benzene rings is 9. The maximum Gasteiger partial charge on any atom is 0.0467 e. The second-order valence-corrected chi connectivity index (χ2v) is 15.3. The number of rotatable bonds is 7. The van der Waals surface area contributed by atoms with Crippen LogP contribution in [-0.4, -0.2) is 0 Å². The Balaban J connectivity index is 1.13. The van der Waals surface area contributed by atoms with Crippen molar-refractivity contribution < 1.29 is 0 Å². The molecule has 0 atom stereocenters. The van der Waals surface area contributed by atoms with Crippen molar-refractivity contribution in [2.45, 2.75) is 19.3 Å². The van der Waals surface area contributed by atoms with Crippen molar-refractivity contribution in [2.75, 3.05) is 4.90 Å².